The Morgan fingerprint density at radius 2 is 1.96 bits per heavy atom. The molecular weight excluding hydrogens is 297 g/mol. The number of piperidine rings is 1. The van der Waals surface area contributed by atoms with E-state index >= 15 is 0 Å². The van der Waals surface area contributed by atoms with E-state index < -0.39 is 11.4 Å². The van der Waals surface area contributed by atoms with E-state index in [1.807, 2.05) is 18.7 Å². The Morgan fingerprint density at radius 3 is 2.57 bits per heavy atom. The molecule has 1 amide bonds. The van der Waals surface area contributed by atoms with Gasteiger partial charge in [0.05, 0.1) is 5.41 Å². The third-order valence-electron chi connectivity index (χ3n) is 4.67. The number of amides is 1. The molecule has 0 saturated carbocycles. The van der Waals surface area contributed by atoms with Gasteiger partial charge >= 0.3 is 5.97 Å². The number of hydrogen-bond acceptors (Lipinski definition) is 2. The van der Waals surface area contributed by atoms with Gasteiger partial charge in [0, 0.05) is 19.5 Å². The summed E-state index contributed by atoms with van der Waals surface area (Å²) in [5.74, 6) is -0.847. The quantitative estimate of drug-likeness (QED) is 0.906. The highest BCUT2D eigenvalue weighted by Gasteiger charge is 2.35. The molecule has 0 bridgehead atoms. The summed E-state index contributed by atoms with van der Waals surface area (Å²) in [7, 11) is 0. The van der Waals surface area contributed by atoms with E-state index in [0.717, 1.165) is 18.4 Å². The Bertz CT molecular complexity index is 568. The zero-order valence-electron chi connectivity index (χ0n) is 13.7. The summed E-state index contributed by atoms with van der Waals surface area (Å²) in [5, 5.41) is 8.81. The normalized spacial score (nSPS) is 18.7. The second-order valence-electron chi connectivity index (χ2n) is 6.82. The van der Waals surface area contributed by atoms with Crippen molar-refractivity contribution in [2.45, 2.75) is 44.9 Å². The summed E-state index contributed by atoms with van der Waals surface area (Å²) in [6.45, 7) is 5.01. The predicted octanol–water partition coefficient (Wildman–Crippen LogP) is 3.21. The summed E-state index contributed by atoms with van der Waals surface area (Å²) < 4.78 is 13.1. The number of benzene rings is 1. The van der Waals surface area contributed by atoms with Gasteiger partial charge in [0.25, 0.3) is 0 Å². The van der Waals surface area contributed by atoms with Crippen molar-refractivity contribution in [2.24, 2.45) is 5.92 Å². The van der Waals surface area contributed by atoms with Crippen LogP contribution in [-0.4, -0.2) is 35.0 Å². The molecule has 0 spiro atoms. The molecule has 1 aromatic rings. The van der Waals surface area contributed by atoms with E-state index in [2.05, 4.69) is 0 Å². The third kappa shape index (κ3) is 4.30. The SMILES string of the molecule is CC(C)(C(=O)N1CCC[C@H](CCC(=O)O)C1)c1ccc(F)cc1. The maximum absolute atomic E-state index is 13.1. The average Bonchev–Trinajstić information content (AvgIpc) is 2.53. The molecule has 1 fully saturated rings. The van der Waals surface area contributed by atoms with Crippen LogP contribution >= 0.6 is 0 Å². The molecule has 1 saturated heterocycles. The molecule has 0 aliphatic carbocycles. The van der Waals surface area contributed by atoms with Gasteiger partial charge < -0.3 is 10.0 Å². The van der Waals surface area contributed by atoms with Crippen LogP contribution in [0.4, 0.5) is 4.39 Å². The van der Waals surface area contributed by atoms with Crippen molar-refractivity contribution in [1.82, 2.24) is 4.90 Å². The van der Waals surface area contributed by atoms with Gasteiger partial charge in [-0.25, -0.2) is 4.39 Å². The fraction of sp³-hybridized carbons (Fsp3) is 0.556. The number of aliphatic carboxylic acids is 1. The largest absolute Gasteiger partial charge is 0.481 e. The lowest BCUT2D eigenvalue weighted by molar-refractivity contribution is -0.138. The Kier molecular flexibility index (Phi) is 5.39. The Hall–Kier alpha value is -1.91. The number of rotatable bonds is 5. The van der Waals surface area contributed by atoms with Gasteiger partial charge in [-0.15, -0.1) is 0 Å². The second kappa shape index (κ2) is 7.11. The molecule has 1 aliphatic heterocycles. The fourth-order valence-corrected chi connectivity index (χ4v) is 3.20. The smallest absolute Gasteiger partial charge is 0.303 e. The summed E-state index contributed by atoms with van der Waals surface area (Å²) >= 11 is 0. The zero-order valence-corrected chi connectivity index (χ0v) is 13.7. The van der Waals surface area contributed by atoms with Crippen LogP contribution < -0.4 is 0 Å². The maximum Gasteiger partial charge on any atom is 0.303 e. The molecule has 5 heteroatoms. The first-order chi connectivity index (χ1) is 10.8. The number of carbonyl (C=O) groups is 2. The van der Waals surface area contributed by atoms with Crippen molar-refractivity contribution in [3.8, 4) is 0 Å². The van der Waals surface area contributed by atoms with Gasteiger partial charge in [0.2, 0.25) is 5.91 Å². The van der Waals surface area contributed by atoms with E-state index in [9.17, 15) is 14.0 Å². The maximum atomic E-state index is 13.1. The molecule has 1 atom stereocenters. The van der Waals surface area contributed by atoms with Crippen LogP contribution in [0.15, 0.2) is 24.3 Å². The Labute approximate surface area is 136 Å². The fourth-order valence-electron chi connectivity index (χ4n) is 3.20. The Balaban J connectivity index is 2.05. The van der Waals surface area contributed by atoms with Crippen LogP contribution in [0.25, 0.3) is 0 Å². The summed E-state index contributed by atoms with van der Waals surface area (Å²) in [6.07, 6.45) is 2.62. The molecule has 1 aromatic carbocycles. The average molecular weight is 321 g/mol. The first-order valence-corrected chi connectivity index (χ1v) is 8.08. The van der Waals surface area contributed by atoms with Crippen LogP contribution in [0, 0.1) is 11.7 Å². The molecule has 126 valence electrons. The van der Waals surface area contributed by atoms with Crippen molar-refractivity contribution in [3.05, 3.63) is 35.6 Å². The van der Waals surface area contributed by atoms with Crippen molar-refractivity contribution < 1.29 is 19.1 Å². The van der Waals surface area contributed by atoms with Gasteiger partial charge in [0.1, 0.15) is 5.82 Å². The minimum Gasteiger partial charge on any atom is -0.481 e. The number of halogens is 1. The number of hydrogen-bond donors (Lipinski definition) is 1. The van der Waals surface area contributed by atoms with E-state index in [4.69, 9.17) is 5.11 Å². The molecule has 0 radical (unpaired) electrons. The molecule has 1 N–H and O–H groups in total. The Morgan fingerprint density at radius 1 is 1.30 bits per heavy atom. The molecule has 1 aliphatic rings. The van der Waals surface area contributed by atoms with Gasteiger partial charge in [-0.05, 0) is 56.7 Å². The molecular formula is C18H24FNO3. The highest BCUT2D eigenvalue weighted by molar-refractivity contribution is 5.87. The van der Waals surface area contributed by atoms with Crippen molar-refractivity contribution in [2.75, 3.05) is 13.1 Å². The van der Waals surface area contributed by atoms with Crippen molar-refractivity contribution in [3.63, 3.8) is 0 Å². The van der Waals surface area contributed by atoms with E-state index in [-0.39, 0.29) is 24.1 Å². The third-order valence-corrected chi connectivity index (χ3v) is 4.67. The molecule has 4 nitrogen and oxygen atoms in total. The van der Waals surface area contributed by atoms with E-state index in [1.54, 1.807) is 12.1 Å². The second-order valence-corrected chi connectivity index (χ2v) is 6.82. The number of likely N-dealkylation sites (tertiary alicyclic amines) is 1. The molecule has 0 aromatic heterocycles. The van der Waals surface area contributed by atoms with E-state index in [0.29, 0.717) is 19.5 Å². The van der Waals surface area contributed by atoms with Gasteiger partial charge in [0.15, 0.2) is 0 Å². The van der Waals surface area contributed by atoms with Gasteiger partial charge in [-0.2, -0.15) is 0 Å². The monoisotopic (exact) mass is 321 g/mol. The first-order valence-electron chi connectivity index (χ1n) is 8.08. The highest BCUT2D eigenvalue weighted by atomic mass is 19.1. The molecule has 23 heavy (non-hydrogen) atoms. The summed E-state index contributed by atoms with van der Waals surface area (Å²) in [6, 6.07) is 6.05. The molecule has 0 unspecified atom stereocenters. The first kappa shape index (κ1) is 17.4. The number of carboxylic acid groups (broad SMARTS) is 1. The van der Waals surface area contributed by atoms with Crippen LogP contribution in [0.5, 0.6) is 0 Å². The lowest BCUT2D eigenvalue weighted by atomic mass is 9.82. The molecule has 1 heterocycles. The highest BCUT2D eigenvalue weighted by Crippen LogP contribution is 2.29. The van der Waals surface area contributed by atoms with Crippen LogP contribution in [0.2, 0.25) is 0 Å². The standard InChI is InChI=1S/C18H24FNO3/c1-18(2,14-6-8-15(19)9-7-14)17(23)20-11-3-4-13(12-20)5-10-16(21)22/h6-9,13H,3-5,10-12H2,1-2H3,(H,21,22)/t13-/m1/s1. The topological polar surface area (TPSA) is 57.6 Å². The zero-order chi connectivity index (χ0) is 17.0. The number of carbonyl (C=O) groups excluding carboxylic acids is 1. The van der Waals surface area contributed by atoms with Crippen LogP contribution in [0.1, 0.15) is 45.1 Å². The van der Waals surface area contributed by atoms with Crippen LogP contribution in [-0.2, 0) is 15.0 Å². The van der Waals surface area contributed by atoms with Crippen molar-refractivity contribution >= 4 is 11.9 Å². The predicted molar refractivity (Wildman–Crippen MR) is 85.6 cm³/mol. The minimum atomic E-state index is -0.792. The lowest BCUT2D eigenvalue weighted by Crippen LogP contribution is -2.48. The van der Waals surface area contributed by atoms with E-state index in [1.165, 1.54) is 12.1 Å². The summed E-state index contributed by atoms with van der Waals surface area (Å²) in [4.78, 5) is 25.5. The molecule has 2 rings (SSSR count). The van der Waals surface area contributed by atoms with Crippen molar-refractivity contribution in [1.29, 1.82) is 0 Å². The number of carboxylic acids is 1. The number of nitrogens with zero attached hydrogens (tertiary/aromatic N) is 1. The van der Waals surface area contributed by atoms with Gasteiger partial charge in [-0.3, -0.25) is 9.59 Å². The van der Waals surface area contributed by atoms with Gasteiger partial charge in [-0.1, -0.05) is 12.1 Å². The van der Waals surface area contributed by atoms with Crippen LogP contribution in [0.3, 0.4) is 0 Å². The minimum absolute atomic E-state index is 0.0177. The summed E-state index contributed by atoms with van der Waals surface area (Å²) in [5.41, 5.74) is 0.0686. The lowest BCUT2D eigenvalue weighted by Gasteiger charge is -2.38.